The van der Waals surface area contributed by atoms with Crippen LogP contribution in [0.5, 0.6) is 0 Å². The SMILES string of the molecule is CCOC(=O)[C@@H]1CCC[NH+](CC(=O)Nc2c(C)nn(C)c2C)C1. The van der Waals surface area contributed by atoms with Crippen LogP contribution < -0.4 is 10.2 Å². The Kier molecular flexibility index (Phi) is 5.76. The van der Waals surface area contributed by atoms with Crippen molar-refractivity contribution in [2.45, 2.75) is 33.6 Å². The third-order valence-corrected chi connectivity index (χ3v) is 4.42. The Balaban J connectivity index is 1.91. The molecule has 23 heavy (non-hydrogen) atoms. The van der Waals surface area contributed by atoms with Gasteiger partial charge in [-0.05, 0) is 33.6 Å². The number of quaternary nitrogens is 1. The summed E-state index contributed by atoms with van der Waals surface area (Å²) in [4.78, 5) is 25.3. The lowest BCUT2D eigenvalue weighted by molar-refractivity contribution is -0.899. The summed E-state index contributed by atoms with van der Waals surface area (Å²) in [5.74, 6) is -0.263. The summed E-state index contributed by atoms with van der Waals surface area (Å²) >= 11 is 0. The molecule has 2 rings (SSSR count). The molecule has 0 aliphatic carbocycles. The largest absolute Gasteiger partial charge is 0.466 e. The number of anilines is 1. The normalized spacial score (nSPS) is 21.0. The molecule has 7 heteroatoms. The summed E-state index contributed by atoms with van der Waals surface area (Å²) in [6, 6.07) is 0. The average Bonchev–Trinajstić information content (AvgIpc) is 2.74. The molecule has 0 saturated carbocycles. The van der Waals surface area contributed by atoms with Crippen LogP contribution in [0.3, 0.4) is 0 Å². The van der Waals surface area contributed by atoms with Crippen molar-refractivity contribution in [1.82, 2.24) is 9.78 Å². The molecule has 2 atom stereocenters. The number of nitrogens with zero attached hydrogens (tertiary/aromatic N) is 2. The van der Waals surface area contributed by atoms with E-state index in [9.17, 15) is 9.59 Å². The van der Waals surface area contributed by atoms with Gasteiger partial charge >= 0.3 is 5.97 Å². The number of amides is 1. The highest BCUT2D eigenvalue weighted by molar-refractivity contribution is 5.92. The number of aryl methyl sites for hydroxylation is 2. The number of nitrogens with one attached hydrogen (secondary N) is 2. The van der Waals surface area contributed by atoms with E-state index in [0.717, 1.165) is 41.4 Å². The average molecular weight is 323 g/mol. The number of carbonyl (C=O) groups excluding carboxylic acids is 2. The lowest BCUT2D eigenvalue weighted by Crippen LogP contribution is -3.14. The van der Waals surface area contributed by atoms with E-state index in [1.54, 1.807) is 4.68 Å². The molecule has 1 aliphatic heterocycles. The second-order valence-corrected chi connectivity index (χ2v) is 6.19. The Bertz CT molecular complexity index is 582. The molecule has 2 heterocycles. The van der Waals surface area contributed by atoms with Crippen molar-refractivity contribution in [3.05, 3.63) is 11.4 Å². The third-order valence-electron chi connectivity index (χ3n) is 4.42. The molecule has 1 amide bonds. The van der Waals surface area contributed by atoms with Crippen molar-refractivity contribution < 1.29 is 19.2 Å². The van der Waals surface area contributed by atoms with Gasteiger partial charge in [0.2, 0.25) is 0 Å². The molecule has 1 fully saturated rings. The molecule has 0 radical (unpaired) electrons. The van der Waals surface area contributed by atoms with Crippen LogP contribution in [0.1, 0.15) is 31.2 Å². The van der Waals surface area contributed by atoms with Gasteiger partial charge in [0.15, 0.2) is 6.54 Å². The predicted molar refractivity (Wildman–Crippen MR) is 86.2 cm³/mol. The third kappa shape index (κ3) is 4.31. The molecule has 2 N–H and O–H groups in total. The molecule has 0 aromatic carbocycles. The number of esters is 1. The Labute approximate surface area is 137 Å². The summed E-state index contributed by atoms with van der Waals surface area (Å²) in [5.41, 5.74) is 2.54. The summed E-state index contributed by atoms with van der Waals surface area (Å²) in [6.07, 6.45) is 1.79. The number of rotatable bonds is 5. The Morgan fingerprint density at radius 2 is 2.17 bits per heavy atom. The van der Waals surface area contributed by atoms with Crippen LogP contribution in [0.15, 0.2) is 0 Å². The molecular formula is C16H27N4O3+. The summed E-state index contributed by atoms with van der Waals surface area (Å²) < 4.78 is 6.86. The maximum Gasteiger partial charge on any atom is 0.314 e. The van der Waals surface area contributed by atoms with Crippen molar-refractivity contribution in [1.29, 1.82) is 0 Å². The Morgan fingerprint density at radius 1 is 1.43 bits per heavy atom. The molecule has 1 unspecified atom stereocenters. The van der Waals surface area contributed by atoms with Gasteiger partial charge < -0.3 is 15.0 Å². The first-order chi connectivity index (χ1) is 10.9. The zero-order valence-corrected chi connectivity index (χ0v) is 14.4. The summed E-state index contributed by atoms with van der Waals surface area (Å²) in [5, 5.41) is 7.26. The first-order valence-corrected chi connectivity index (χ1v) is 8.22. The van der Waals surface area contributed by atoms with E-state index < -0.39 is 0 Å². The number of piperidine rings is 1. The van der Waals surface area contributed by atoms with Crippen molar-refractivity contribution in [2.24, 2.45) is 13.0 Å². The van der Waals surface area contributed by atoms with Crippen LogP contribution >= 0.6 is 0 Å². The monoisotopic (exact) mass is 323 g/mol. The number of ether oxygens (including phenoxy) is 1. The van der Waals surface area contributed by atoms with Gasteiger partial charge in [-0.15, -0.1) is 0 Å². The second kappa shape index (κ2) is 7.59. The molecule has 1 aromatic heterocycles. The van der Waals surface area contributed by atoms with Crippen LogP contribution in [0.4, 0.5) is 5.69 Å². The van der Waals surface area contributed by atoms with E-state index in [1.165, 1.54) is 0 Å². The highest BCUT2D eigenvalue weighted by Gasteiger charge is 2.31. The van der Waals surface area contributed by atoms with Gasteiger partial charge in [-0.3, -0.25) is 14.3 Å². The minimum absolute atomic E-state index is 0.0382. The van der Waals surface area contributed by atoms with Gasteiger partial charge in [0, 0.05) is 7.05 Å². The first-order valence-electron chi connectivity index (χ1n) is 8.22. The summed E-state index contributed by atoms with van der Waals surface area (Å²) in [6.45, 7) is 7.98. The van der Waals surface area contributed by atoms with E-state index in [2.05, 4.69) is 10.4 Å². The molecule has 1 aromatic rings. The Hall–Kier alpha value is -1.89. The van der Waals surface area contributed by atoms with Crippen LogP contribution in [0.2, 0.25) is 0 Å². The number of likely N-dealkylation sites (tertiary alicyclic amines) is 1. The molecule has 7 nitrogen and oxygen atoms in total. The maximum absolute atomic E-state index is 12.3. The highest BCUT2D eigenvalue weighted by Crippen LogP contribution is 2.17. The van der Waals surface area contributed by atoms with Gasteiger partial charge in [0.25, 0.3) is 5.91 Å². The fraction of sp³-hybridized carbons (Fsp3) is 0.688. The van der Waals surface area contributed by atoms with Gasteiger partial charge in [0.1, 0.15) is 5.92 Å². The topological polar surface area (TPSA) is 77.7 Å². The van der Waals surface area contributed by atoms with Crippen molar-refractivity contribution in [3.63, 3.8) is 0 Å². The van der Waals surface area contributed by atoms with Crippen molar-refractivity contribution in [3.8, 4) is 0 Å². The van der Waals surface area contributed by atoms with Crippen LogP contribution in [-0.4, -0.2) is 47.9 Å². The molecule has 1 aliphatic rings. The molecule has 1 saturated heterocycles. The number of hydrogen-bond donors (Lipinski definition) is 2. The minimum Gasteiger partial charge on any atom is -0.466 e. The number of aromatic nitrogens is 2. The fourth-order valence-corrected chi connectivity index (χ4v) is 3.14. The maximum atomic E-state index is 12.3. The molecule has 128 valence electrons. The lowest BCUT2D eigenvalue weighted by atomic mass is 9.98. The van der Waals surface area contributed by atoms with Gasteiger partial charge in [0.05, 0.1) is 36.8 Å². The van der Waals surface area contributed by atoms with Crippen molar-refractivity contribution >= 4 is 17.6 Å². The van der Waals surface area contributed by atoms with Gasteiger partial charge in [-0.1, -0.05) is 0 Å². The summed E-state index contributed by atoms with van der Waals surface area (Å²) in [7, 11) is 1.86. The highest BCUT2D eigenvalue weighted by atomic mass is 16.5. The zero-order valence-electron chi connectivity index (χ0n) is 14.4. The predicted octanol–water partition coefficient (Wildman–Crippen LogP) is -0.167. The lowest BCUT2D eigenvalue weighted by Gasteiger charge is -2.28. The van der Waals surface area contributed by atoms with Gasteiger partial charge in [-0.25, -0.2) is 0 Å². The second-order valence-electron chi connectivity index (χ2n) is 6.19. The van der Waals surface area contributed by atoms with Gasteiger partial charge in [-0.2, -0.15) is 5.10 Å². The quantitative estimate of drug-likeness (QED) is 0.738. The van der Waals surface area contributed by atoms with Crippen LogP contribution in [0.25, 0.3) is 0 Å². The van der Waals surface area contributed by atoms with E-state index in [0.29, 0.717) is 19.7 Å². The Morgan fingerprint density at radius 3 is 2.78 bits per heavy atom. The van der Waals surface area contributed by atoms with Crippen molar-refractivity contribution in [2.75, 3.05) is 31.6 Å². The van der Waals surface area contributed by atoms with E-state index in [4.69, 9.17) is 4.74 Å². The van der Waals surface area contributed by atoms with Crippen LogP contribution in [-0.2, 0) is 21.4 Å². The molecule has 0 spiro atoms. The fourth-order valence-electron chi connectivity index (χ4n) is 3.14. The minimum atomic E-state index is -0.135. The standard InChI is InChI=1S/C16H26N4O3/c1-5-23-16(22)13-7-6-8-20(9-13)10-14(21)17-15-11(2)18-19(4)12(15)3/h13H,5-10H2,1-4H3,(H,17,21)/p+1/t13-/m1/s1. The first kappa shape index (κ1) is 17.5. The zero-order chi connectivity index (χ0) is 17.0. The van der Waals surface area contributed by atoms with Crippen LogP contribution in [0, 0.1) is 19.8 Å². The molecule has 0 bridgehead atoms. The number of hydrogen-bond acceptors (Lipinski definition) is 4. The van der Waals surface area contributed by atoms with E-state index >= 15 is 0 Å². The van der Waals surface area contributed by atoms with E-state index in [-0.39, 0.29) is 17.8 Å². The molecular weight excluding hydrogens is 296 g/mol. The number of carbonyl (C=O) groups is 2. The van der Waals surface area contributed by atoms with E-state index in [1.807, 2.05) is 27.8 Å². The smallest absolute Gasteiger partial charge is 0.314 e.